The summed E-state index contributed by atoms with van der Waals surface area (Å²) in [6.07, 6.45) is 1.94. The number of alkyl halides is 3. The van der Waals surface area contributed by atoms with Gasteiger partial charge in [0.25, 0.3) is 0 Å². The van der Waals surface area contributed by atoms with E-state index < -0.39 is 17.8 Å². The Bertz CT molecular complexity index is 781. The van der Waals surface area contributed by atoms with Crippen molar-refractivity contribution >= 4 is 12.0 Å². The minimum absolute atomic E-state index is 0.0778. The molecule has 0 unspecified atom stereocenters. The van der Waals surface area contributed by atoms with Gasteiger partial charge in [0, 0.05) is 36.8 Å². The number of carbonyl (C=O) groups is 2. The summed E-state index contributed by atoms with van der Waals surface area (Å²) in [6, 6.07) is 2.51. The van der Waals surface area contributed by atoms with Gasteiger partial charge in [-0.05, 0) is 56.6 Å². The zero-order chi connectivity index (χ0) is 21.4. The fourth-order valence-electron chi connectivity index (χ4n) is 4.80. The minimum atomic E-state index is -4.35. The average molecular weight is 425 g/mol. The molecule has 1 spiro atoms. The number of rotatable bonds is 5. The number of likely N-dealkylation sites (tertiary alicyclic amines) is 1. The van der Waals surface area contributed by atoms with Crippen LogP contribution in [0, 0.1) is 11.3 Å². The van der Waals surface area contributed by atoms with Gasteiger partial charge in [0.2, 0.25) is 5.91 Å². The van der Waals surface area contributed by atoms with Crippen molar-refractivity contribution in [1.82, 2.24) is 15.2 Å². The van der Waals surface area contributed by atoms with E-state index in [4.69, 9.17) is 4.74 Å². The van der Waals surface area contributed by atoms with E-state index in [2.05, 4.69) is 10.3 Å². The smallest absolute Gasteiger partial charge is 0.417 e. The Labute approximate surface area is 173 Å². The topological polar surface area (TPSA) is 71.5 Å². The first kappa shape index (κ1) is 20.9. The van der Waals surface area contributed by atoms with E-state index >= 15 is 0 Å². The third-order valence-electron chi connectivity index (χ3n) is 6.67. The lowest BCUT2D eigenvalue weighted by atomic mass is 9.65. The summed E-state index contributed by atoms with van der Waals surface area (Å²) in [7, 11) is 0. The number of ether oxygens (including phenoxy) is 1. The molecule has 1 aliphatic carbocycles. The molecule has 1 aromatic rings. The molecule has 1 aromatic heterocycles. The number of amides is 2. The summed E-state index contributed by atoms with van der Waals surface area (Å²) in [5.74, 6) is 0.549. The van der Waals surface area contributed by atoms with Crippen molar-refractivity contribution in [3.8, 4) is 0 Å². The summed E-state index contributed by atoms with van der Waals surface area (Å²) in [4.78, 5) is 29.3. The summed E-state index contributed by atoms with van der Waals surface area (Å²) >= 11 is 0. The number of alkyl carbamates (subject to hydrolysis) is 1. The molecule has 1 atom stereocenters. The van der Waals surface area contributed by atoms with Crippen molar-refractivity contribution in [2.24, 2.45) is 11.3 Å². The van der Waals surface area contributed by atoms with Gasteiger partial charge in [-0.1, -0.05) is 0 Å². The van der Waals surface area contributed by atoms with Gasteiger partial charge in [0.15, 0.2) is 0 Å². The molecule has 4 rings (SSSR count). The SMILES string of the molecule is O=C1N[C@H](CCC(=O)N2CC3(CCC(Cc4ccc(C(F)(F)F)cn4)CC3)C2)CO1. The fourth-order valence-corrected chi connectivity index (χ4v) is 4.80. The molecule has 2 saturated heterocycles. The summed E-state index contributed by atoms with van der Waals surface area (Å²) in [5, 5.41) is 2.68. The van der Waals surface area contributed by atoms with Crippen LogP contribution in [0.4, 0.5) is 18.0 Å². The van der Waals surface area contributed by atoms with Crippen LogP contribution in [0.2, 0.25) is 0 Å². The number of carbonyl (C=O) groups excluding carboxylic acids is 2. The monoisotopic (exact) mass is 425 g/mol. The molecular formula is C21H26F3N3O3. The second-order valence-electron chi connectivity index (χ2n) is 8.91. The molecule has 30 heavy (non-hydrogen) atoms. The van der Waals surface area contributed by atoms with Crippen molar-refractivity contribution < 1.29 is 27.5 Å². The van der Waals surface area contributed by atoms with Gasteiger partial charge in [0.05, 0.1) is 11.6 Å². The number of hydrogen-bond acceptors (Lipinski definition) is 4. The molecule has 0 aromatic carbocycles. The largest absolute Gasteiger partial charge is 0.447 e. The number of cyclic esters (lactones) is 1. The van der Waals surface area contributed by atoms with Crippen LogP contribution >= 0.6 is 0 Å². The van der Waals surface area contributed by atoms with Gasteiger partial charge in [0.1, 0.15) is 6.61 Å². The zero-order valence-corrected chi connectivity index (χ0v) is 16.7. The molecule has 0 radical (unpaired) electrons. The third kappa shape index (κ3) is 4.70. The zero-order valence-electron chi connectivity index (χ0n) is 16.7. The van der Waals surface area contributed by atoms with Crippen LogP contribution in [-0.4, -0.2) is 47.6 Å². The Morgan fingerprint density at radius 1 is 1.27 bits per heavy atom. The Morgan fingerprint density at radius 2 is 2.00 bits per heavy atom. The van der Waals surface area contributed by atoms with Gasteiger partial charge in [-0.3, -0.25) is 9.78 Å². The molecule has 3 fully saturated rings. The second-order valence-corrected chi connectivity index (χ2v) is 8.91. The molecule has 3 aliphatic rings. The number of aromatic nitrogens is 1. The van der Waals surface area contributed by atoms with Gasteiger partial charge in [-0.2, -0.15) is 13.2 Å². The molecule has 0 bridgehead atoms. The van der Waals surface area contributed by atoms with Gasteiger partial charge < -0.3 is 15.0 Å². The first-order valence-electron chi connectivity index (χ1n) is 10.5. The summed E-state index contributed by atoms with van der Waals surface area (Å²) < 4.78 is 42.8. The maximum atomic E-state index is 12.6. The molecular weight excluding hydrogens is 399 g/mol. The van der Waals surface area contributed by atoms with Gasteiger partial charge in [-0.15, -0.1) is 0 Å². The highest BCUT2D eigenvalue weighted by molar-refractivity contribution is 5.77. The first-order valence-corrected chi connectivity index (χ1v) is 10.5. The summed E-state index contributed by atoms with van der Waals surface area (Å²) in [5.41, 5.74) is 0.193. The maximum absolute atomic E-state index is 12.6. The van der Waals surface area contributed by atoms with Crippen LogP contribution in [0.1, 0.15) is 49.8 Å². The minimum Gasteiger partial charge on any atom is -0.447 e. The van der Waals surface area contributed by atoms with Crippen molar-refractivity contribution in [2.45, 2.75) is 57.2 Å². The third-order valence-corrected chi connectivity index (χ3v) is 6.67. The maximum Gasteiger partial charge on any atom is 0.417 e. The molecule has 9 heteroatoms. The van der Waals surface area contributed by atoms with E-state index in [-0.39, 0.29) is 17.4 Å². The van der Waals surface area contributed by atoms with Crippen molar-refractivity contribution in [3.63, 3.8) is 0 Å². The first-order chi connectivity index (χ1) is 14.2. The van der Waals surface area contributed by atoms with E-state index in [1.54, 1.807) is 0 Å². The molecule has 2 aliphatic heterocycles. The lowest BCUT2D eigenvalue weighted by Crippen LogP contribution is -2.59. The van der Waals surface area contributed by atoms with Gasteiger partial charge >= 0.3 is 12.3 Å². The fraction of sp³-hybridized carbons (Fsp3) is 0.667. The molecule has 6 nitrogen and oxygen atoms in total. The van der Waals surface area contributed by atoms with Crippen LogP contribution < -0.4 is 5.32 Å². The molecule has 164 valence electrons. The standard InChI is InChI=1S/C21H26F3N3O3/c22-21(23,24)15-1-2-16(25-10-15)9-14-5-7-20(8-6-14)12-27(13-20)18(28)4-3-17-11-30-19(29)26-17/h1-2,10,14,17H,3-9,11-13H2,(H,26,29)/t17-/m1/s1. The molecule has 1 saturated carbocycles. The Morgan fingerprint density at radius 3 is 2.57 bits per heavy atom. The number of hydrogen-bond donors (Lipinski definition) is 1. The highest BCUT2D eigenvalue weighted by Crippen LogP contribution is 2.46. The normalized spacial score (nSPS) is 23.8. The van der Waals surface area contributed by atoms with Crippen LogP contribution in [0.5, 0.6) is 0 Å². The van der Waals surface area contributed by atoms with Crippen molar-refractivity contribution in [1.29, 1.82) is 0 Å². The predicted molar refractivity (Wildman–Crippen MR) is 101 cm³/mol. The quantitative estimate of drug-likeness (QED) is 0.783. The highest BCUT2D eigenvalue weighted by Gasteiger charge is 2.46. The van der Waals surface area contributed by atoms with Gasteiger partial charge in [-0.25, -0.2) is 4.79 Å². The molecule has 2 amide bonds. The van der Waals surface area contributed by atoms with E-state index in [9.17, 15) is 22.8 Å². The lowest BCUT2D eigenvalue weighted by molar-refractivity contribution is -0.146. The van der Waals surface area contributed by atoms with E-state index in [0.29, 0.717) is 37.5 Å². The van der Waals surface area contributed by atoms with Crippen LogP contribution in [0.15, 0.2) is 18.3 Å². The summed E-state index contributed by atoms with van der Waals surface area (Å²) in [6.45, 7) is 1.89. The Kier molecular flexibility index (Phi) is 5.63. The predicted octanol–water partition coefficient (Wildman–Crippen LogP) is 3.55. The number of nitrogens with zero attached hydrogens (tertiary/aromatic N) is 2. The average Bonchev–Trinajstić information content (AvgIpc) is 3.10. The number of nitrogens with one attached hydrogen (secondary N) is 1. The van der Waals surface area contributed by atoms with E-state index in [0.717, 1.165) is 51.0 Å². The van der Waals surface area contributed by atoms with E-state index in [1.165, 1.54) is 6.07 Å². The molecule has 3 heterocycles. The van der Waals surface area contributed by atoms with E-state index in [1.807, 2.05) is 4.90 Å². The van der Waals surface area contributed by atoms with Crippen LogP contribution in [0.25, 0.3) is 0 Å². The van der Waals surface area contributed by atoms with Crippen LogP contribution in [0.3, 0.4) is 0 Å². The van der Waals surface area contributed by atoms with Crippen LogP contribution in [-0.2, 0) is 22.1 Å². The number of pyridine rings is 1. The Hall–Kier alpha value is -2.32. The second kappa shape index (κ2) is 8.07. The lowest BCUT2D eigenvalue weighted by Gasteiger charge is -2.53. The van der Waals surface area contributed by atoms with Crippen molar-refractivity contribution in [3.05, 3.63) is 29.6 Å². The Balaban J connectivity index is 1.18. The molecule has 1 N–H and O–H groups in total. The van der Waals surface area contributed by atoms with Crippen molar-refractivity contribution in [2.75, 3.05) is 19.7 Å². The highest BCUT2D eigenvalue weighted by atomic mass is 19.4. The number of halogens is 3.